The number of rotatable bonds is 2. The highest BCUT2D eigenvalue weighted by molar-refractivity contribution is 5.74. The number of hydrogen-bond acceptors (Lipinski definition) is 2. The van der Waals surface area contributed by atoms with Gasteiger partial charge in [0, 0.05) is 18.8 Å². The van der Waals surface area contributed by atoms with E-state index in [2.05, 4.69) is 17.2 Å². The first-order valence-corrected chi connectivity index (χ1v) is 6.22. The van der Waals surface area contributed by atoms with Crippen LogP contribution in [0, 0.1) is 0 Å². The van der Waals surface area contributed by atoms with Crippen molar-refractivity contribution in [2.45, 2.75) is 38.8 Å². The second-order valence-electron chi connectivity index (χ2n) is 4.52. The molecule has 1 aliphatic heterocycles. The normalized spacial score (nSPS) is 20.1. The number of amides is 2. The van der Waals surface area contributed by atoms with Crippen molar-refractivity contribution < 1.29 is 4.79 Å². The fourth-order valence-corrected chi connectivity index (χ4v) is 2.17. The maximum atomic E-state index is 12.0. The summed E-state index contributed by atoms with van der Waals surface area (Å²) in [4.78, 5) is 18.1. The molecule has 1 saturated heterocycles. The van der Waals surface area contributed by atoms with Crippen LogP contribution in [0.5, 0.6) is 0 Å². The summed E-state index contributed by atoms with van der Waals surface area (Å²) in [5.74, 6) is 0. The van der Waals surface area contributed by atoms with Crippen LogP contribution in [0.3, 0.4) is 0 Å². The summed E-state index contributed by atoms with van der Waals surface area (Å²) >= 11 is 0. The van der Waals surface area contributed by atoms with E-state index in [0.29, 0.717) is 12.6 Å². The molecule has 1 unspecified atom stereocenters. The number of aromatic nitrogens is 1. The molecule has 0 aromatic carbocycles. The van der Waals surface area contributed by atoms with Crippen LogP contribution < -0.4 is 5.32 Å². The van der Waals surface area contributed by atoms with Crippen molar-refractivity contribution >= 4 is 6.03 Å². The third-order valence-electron chi connectivity index (χ3n) is 3.21. The van der Waals surface area contributed by atoms with Crippen molar-refractivity contribution in [1.29, 1.82) is 0 Å². The number of carbonyl (C=O) groups is 1. The second-order valence-corrected chi connectivity index (χ2v) is 4.52. The van der Waals surface area contributed by atoms with Crippen LogP contribution in [-0.2, 0) is 6.54 Å². The first-order chi connectivity index (χ1) is 8.27. The Bertz CT molecular complexity index is 366. The van der Waals surface area contributed by atoms with E-state index in [9.17, 15) is 4.79 Å². The van der Waals surface area contributed by atoms with Gasteiger partial charge in [0.15, 0.2) is 0 Å². The summed E-state index contributed by atoms with van der Waals surface area (Å²) in [5.41, 5.74) is 0.894. The molecule has 1 fully saturated rings. The van der Waals surface area contributed by atoms with Crippen molar-refractivity contribution in [2.24, 2.45) is 0 Å². The molecule has 0 radical (unpaired) electrons. The minimum atomic E-state index is 0.0304. The van der Waals surface area contributed by atoms with Gasteiger partial charge in [0.2, 0.25) is 0 Å². The van der Waals surface area contributed by atoms with E-state index in [0.717, 1.165) is 25.1 Å². The molecule has 2 amide bonds. The molecule has 4 nitrogen and oxygen atoms in total. The Balaban J connectivity index is 1.84. The fraction of sp³-hybridized carbons (Fsp3) is 0.538. The standard InChI is InChI=1S/C13H19N3O/c1-11-6-3-5-9-16(11)13(17)15-10-12-7-2-4-8-14-12/h2,4,7-8,11H,3,5-6,9-10H2,1H3,(H,15,17). The predicted octanol–water partition coefficient (Wildman–Crippen LogP) is 2.17. The van der Waals surface area contributed by atoms with Gasteiger partial charge >= 0.3 is 6.03 Å². The van der Waals surface area contributed by atoms with E-state index in [-0.39, 0.29) is 6.03 Å². The Kier molecular flexibility index (Phi) is 3.96. The van der Waals surface area contributed by atoms with Crippen LogP contribution in [-0.4, -0.2) is 28.5 Å². The third-order valence-corrected chi connectivity index (χ3v) is 3.21. The monoisotopic (exact) mass is 233 g/mol. The lowest BCUT2D eigenvalue weighted by Gasteiger charge is -2.33. The fourth-order valence-electron chi connectivity index (χ4n) is 2.17. The zero-order valence-electron chi connectivity index (χ0n) is 10.2. The van der Waals surface area contributed by atoms with Crippen molar-refractivity contribution in [3.63, 3.8) is 0 Å². The van der Waals surface area contributed by atoms with Gasteiger partial charge in [-0.1, -0.05) is 6.07 Å². The second kappa shape index (κ2) is 5.66. The average molecular weight is 233 g/mol. The summed E-state index contributed by atoms with van der Waals surface area (Å²) in [6.07, 6.45) is 5.19. The molecule has 1 aromatic heterocycles. The van der Waals surface area contributed by atoms with Gasteiger partial charge in [-0.2, -0.15) is 0 Å². The van der Waals surface area contributed by atoms with Gasteiger partial charge in [-0.15, -0.1) is 0 Å². The number of likely N-dealkylation sites (tertiary alicyclic amines) is 1. The quantitative estimate of drug-likeness (QED) is 0.850. The molecule has 92 valence electrons. The zero-order chi connectivity index (χ0) is 12.1. The Morgan fingerprint density at radius 3 is 3.12 bits per heavy atom. The van der Waals surface area contributed by atoms with Crippen molar-refractivity contribution in [2.75, 3.05) is 6.54 Å². The highest BCUT2D eigenvalue weighted by Crippen LogP contribution is 2.16. The summed E-state index contributed by atoms with van der Waals surface area (Å²) in [7, 11) is 0. The molecule has 0 aliphatic carbocycles. The Hall–Kier alpha value is -1.58. The van der Waals surface area contributed by atoms with Crippen LogP contribution in [0.1, 0.15) is 31.9 Å². The number of urea groups is 1. The summed E-state index contributed by atoms with van der Waals surface area (Å²) < 4.78 is 0. The summed E-state index contributed by atoms with van der Waals surface area (Å²) in [5, 5.41) is 2.92. The van der Waals surface area contributed by atoms with E-state index in [1.165, 1.54) is 6.42 Å². The van der Waals surface area contributed by atoms with Crippen LogP contribution in [0.2, 0.25) is 0 Å². The van der Waals surface area contributed by atoms with E-state index in [1.54, 1.807) is 6.20 Å². The van der Waals surface area contributed by atoms with Gasteiger partial charge < -0.3 is 10.2 Å². The van der Waals surface area contributed by atoms with E-state index in [4.69, 9.17) is 0 Å². The summed E-state index contributed by atoms with van der Waals surface area (Å²) in [6, 6.07) is 6.10. The molecule has 2 heterocycles. The van der Waals surface area contributed by atoms with Crippen molar-refractivity contribution in [3.05, 3.63) is 30.1 Å². The zero-order valence-corrected chi connectivity index (χ0v) is 10.2. The number of pyridine rings is 1. The number of piperidine rings is 1. The first-order valence-electron chi connectivity index (χ1n) is 6.22. The molecule has 2 rings (SSSR count). The lowest BCUT2D eigenvalue weighted by molar-refractivity contribution is 0.157. The molecule has 1 aliphatic rings. The minimum Gasteiger partial charge on any atom is -0.332 e. The maximum absolute atomic E-state index is 12.0. The van der Waals surface area contributed by atoms with E-state index < -0.39 is 0 Å². The number of nitrogens with one attached hydrogen (secondary N) is 1. The van der Waals surface area contributed by atoms with E-state index in [1.807, 2.05) is 23.1 Å². The molecule has 1 atom stereocenters. The summed E-state index contributed by atoms with van der Waals surface area (Å²) in [6.45, 7) is 3.48. The number of nitrogens with zero attached hydrogens (tertiary/aromatic N) is 2. The van der Waals surface area contributed by atoms with Gasteiger partial charge in [0.25, 0.3) is 0 Å². The Morgan fingerprint density at radius 1 is 1.53 bits per heavy atom. The van der Waals surface area contributed by atoms with Crippen molar-refractivity contribution in [3.8, 4) is 0 Å². The first kappa shape index (κ1) is 11.9. The van der Waals surface area contributed by atoms with Gasteiger partial charge in [-0.05, 0) is 38.3 Å². The van der Waals surface area contributed by atoms with Crippen LogP contribution >= 0.6 is 0 Å². The van der Waals surface area contributed by atoms with Crippen molar-refractivity contribution in [1.82, 2.24) is 15.2 Å². The molecular weight excluding hydrogens is 214 g/mol. The lowest BCUT2D eigenvalue weighted by atomic mass is 10.0. The Labute approximate surface area is 102 Å². The smallest absolute Gasteiger partial charge is 0.317 e. The van der Waals surface area contributed by atoms with Crippen LogP contribution in [0.4, 0.5) is 4.79 Å². The largest absolute Gasteiger partial charge is 0.332 e. The SMILES string of the molecule is CC1CCCCN1C(=O)NCc1ccccn1. The van der Waals surface area contributed by atoms with Gasteiger partial charge in [-0.3, -0.25) is 4.98 Å². The molecule has 1 aromatic rings. The van der Waals surface area contributed by atoms with Crippen LogP contribution in [0.15, 0.2) is 24.4 Å². The van der Waals surface area contributed by atoms with Gasteiger partial charge in [-0.25, -0.2) is 4.79 Å². The third kappa shape index (κ3) is 3.19. The molecule has 0 saturated carbocycles. The molecule has 0 bridgehead atoms. The Morgan fingerprint density at radius 2 is 2.41 bits per heavy atom. The predicted molar refractivity (Wildman–Crippen MR) is 66.5 cm³/mol. The topological polar surface area (TPSA) is 45.2 Å². The molecular formula is C13H19N3O. The van der Waals surface area contributed by atoms with Gasteiger partial charge in [0.05, 0.1) is 12.2 Å². The van der Waals surface area contributed by atoms with E-state index >= 15 is 0 Å². The van der Waals surface area contributed by atoms with Crippen LogP contribution in [0.25, 0.3) is 0 Å². The van der Waals surface area contributed by atoms with Gasteiger partial charge in [0.1, 0.15) is 0 Å². The highest BCUT2D eigenvalue weighted by Gasteiger charge is 2.22. The lowest BCUT2D eigenvalue weighted by Crippen LogP contribution is -2.47. The minimum absolute atomic E-state index is 0.0304. The molecule has 4 heteroatoms. The molecule has 17 heavy (non-hydrogen) atoms. The molecule has 1 N–H and O–H groups in total. The number of hydrogen-bond donors (Lipinski definition) is 1. The number of carbonyl (C=O) groups excluding carboxylic acids is 1. The average Bonchev–Trinajstić information content (AvgIpc) is 2.38. The maximum Gasteiger partial charge on any atom is 0.317 e. The highest BCUT2D eigenvalue weighted by atomic mass is 16.2. The molecule has 0 spiro atoms.